The van der Waals surface area contributed by atoms with Crippen molar-refractivity contribution in [2.75, 3.05) is 20.7 Å². The fraction of sp³-hybridized carbons (Fsp3) is 0.531. The number of rotatable bonds is 7. The highest BCUT2D eigenvalue weighted by atomic mass is 32.2. The minimum Gasteiger partial charge on any atom is -0.474 e. The lowest BCUT2D eigenvalue weighted by atomic mass is 9.93. The number of fused-ring (bicyclic) bond motifs is 2. The summed E-state index contributed by atoms with van der Waals surface area (Å²) in [4.78, 5) is 51.6. The van der Waals surface area contributed by atoms with Gasteiger partial charge in [-0.2, -0.15) is 9.97 Å². The Bertz CT molecular complexity index is 1600. The summed E-state index contributed by atoms with van der Waals surface area (Å²) in [6.07, 6.45) is 7.51. The van der Waals surface area contributed by atoms with Crippen LogP contribution >= 0.6 is 0 Å². The van der Waals surface area contributed by atoms with Gasteiger partial charge in [0.15, 0.2) is 0 Å². The number of nitrogens with one attached hydrogen (secondary N) is 2. The fourth-order valence-corrected chi connectivity index (χ4v) is 7.74. The number of hydrogen-bond acceptors (Lipinski definition) is 9. The molecular weight excluding hydrogens is 598 g/mol. The second-order valence-corrected chi connectivity index (χ2v) is 14.5. The maximum absolute atomic E-state index is 14.0. The van der Waals surface area contributed by atoms with E-state index < -0.39 is 50.6 Å². The number of carbonyl (C=O) groups excluding carboxylic acids is 3. The molecule has 4 aliphatic rings. The highest BCUT2D eigenvalue weighted by Crippen LogP contribution is 2.47. The average molecular weight is 638 g/mol. The Morgan fingerprint density at radius 2 is 1.84 bits per heavy atom. The summed E-state index contributed by atoms with van der Waals surface area (Å²) in [5.74, 6) is -2.92. The molecule has 2 aromatic rings. The van der Waals surface area contributed by atoms with Crippen LogP contribution in [0.15, 0.2) is 48.6 Å². The lowest BCUT2D eigenvalue weighted by Crippen LogP contribution is -2.54. The Hall–Kier alpha value is -4.00. The second kappa shape index (κ2) is 12.4. The van der Waals surface area contributed by atoms with E-state index in [1.165, 1.54) is 7.11 Å². The first kappa shape index (κ1) is 31.0. The number of benzene rings is 1. The van der Waals surface area contributed by atoms with Crippen molar-refractivity contribution in [3.05, 3.63) is 48.6 Å². The maximum atomic E-state index is 14.0. The summed E-state index contributed by atoms with van der Waals surface area (Å²) in [7, 11) is -0.605. The third-order valence-corrected chi connectivity index (χ3v) is 11.0. The Balaban J connectivity index is 1.26. The van der Waals surface area contributed by atoms with E-state index in [4.69, 9.17) is 9.47 Å². The zero-order valence-corrected chi connectivity index (χ0v) is 26.3. The average Bonchev–Trinajstić information content (AvgIpc) is 3.95. The molecule has 3 aliphatic carbocycles. The van der Waals surface area contributed by atoms with Crippen LogP contribution in [0.2, 0.25) is 0 Å². The van der Waals surface area contributed by atoms with E-state index >= 15 is 0 Å². The van der Waals surface area contributed by atoms with Crippen molar-refractivity contribution in [2.24, 2.45) is 17.8 Å². The standard InChI is InChI=1S/C32H39N5O7S/c1-37-15-9-4-3-8-12-21-19-32(21,30(40)36-45(41,42)23-13-14-23)35-28(38)24-16-22(17-25(24)29(37)39)44-27-18-26(33-31(34-27)43-2)20-10-6-5-7-11-20/h5-8,10-12,18,21-25H,3-4,9,13-17,19H2,1-2H3,(H,35,38)(H,36,40)/b12-8-/t21-,22-,24-,25-,32-/m1/s1. The topological polar surface area (TPSA) is 157 Å². The molecule has 1 aromatic carbocycles. The van der Waals surface area contributed by atoms with Crippen LogP contribution in [0.4, 0.5) is 0 Å². The SMILES string of the molecule is COc1nc(O[C@@H]2C[C@H]3C(=O)N[C@]4(C(=O)NS(=O)(=O)C5CC5)C[C@H]4/C=C\CCCCN(C)C(=O)[C@@H]3C2)cc(-c2ccccc2)n1. The van der Waals surface area contributed by atoms with Crippen LogP contribution in [0.1, 0.15) is 51.4 Å². The third kappa shape index (κ3) is 6.68. The molecule has 240 valence electrons. The van der Waals surface area contributed by atoms with Gasteiger partial charge in [-0.05, 0) is 51.4 Å². The van der Waals surface area contributed by atoms with Gasteiger partial charge in [0.1, 0.15) is 11.6 Å². The Kier molecular flexibility index (Phi) is 8.55. The number of ether oxygens (including phenoxy) is 2. The van der Waals surface area contributed by atoms with E-state index in [2.05, 4.69) is 20.0 Å². The smallest absolute Gasteiger partial charge is 0.320 e. The van der Waals surface area contributed by atoms with Crippen molar-refractivity contribution < 1.29 is 32.3 Å². The summed E-state index contributed by atoms with van der Waals surface area (Å²) in [6, 6.07) is 11.3. The van der Waals surface area contributed by atoms with Gasteiger partial charge in [-0.1, -0.05) is 42.5 Å². The molecule has 0 unspecified atom stereocenters. The zero-order valence-electron chi connectivity index (χ0n) is 25.5. The van der Waals surface area contributed by atoms with Gasteiger partial charge in [-0.15, -0.1) is 0 Å². The van der Waals surface area contributed by atoms with Crippen LogP contribution in [-0.4, -0.2) is 78.6 Å². The fourth-order valence-electron chi connectivity index (χ4n) is 6.37. The summed E-state index contributed by atoms with van der Waals surface area (Å²) < 4.78 is 39.1. The number of carbonyl (C=O) groups is 3. The van der Waals surface area contributed by atoms with E-state index in [1.807, 2.05) is 42.5 Å². The van der Waals surface area contributed by atoms with E-state index in [0.29, 0.717) is 25.1 Å². The van der Waals surface area contributed by atoms with Gasteiger partial charge in [-0.3, -0.25) is 19.1 Å². The zero-order chi connectivity index (χ0) is 31.8. The first-order chi connectivity index (χ1) is 21.6. The molecule has 13 heteroatoms. The molecule has 0 bridgehead atoms. The van der Waals surface area contributed by atoms with Crippen LogP contribution < -0.4 is 19.5 Å². The van der Waals surface area contributed by atoms with Crippen LogP contribution in [0, 0.1) is 17.8 Å². The summed E-state index contributed by atoms with van der Waals surface area (Å²) >= 11 is 0. The minimum absolute atomic E-state index is 0.124. The number of aromatic nitrogens is 2. The molecule has 0 radical (unpaired) electrons. The number of sulfonamides is 1. The highest BCUT2D eigenvalue weighted by Gasteiger charge is 2.62. The van der Waals surface area contributed by atoms with Gasteiger partial charge in [0.05, 0.1) is 29.9 Å². The minimum atomic E-state index is -3.81. The second-order valence-electron chi connectivity index (χ2n) is 12.5. The van der Waals surface area contributed by atoms with Crippen molar-refractivity contribution in [1.82, 2.24) is 24.9 Å². The molecule has 12 nitrogen and oxygen atoms in total. The number of hydrogen-bond donors (Lipinski definition) is 2. The largest absolute Gasteiger partial charge is 0.474 e. The molecule has 5 atom stereocenters. The first-order valence-electron chi connectivity index (χ1n) is 15.5. The van der Waals surface area contributed by atoms with Crippen molar-refractivity contribution in [3.8, 4) is 23.1 Å². The Morgan fingerprint density at radius 1 is 1.09 bits per heavy atom. The summed E-state index contributed by atoms with van der Waals surface area (Å²) in [5.41, 5.74) is 0.0616. The van der Waals surface area contributed by atoms with Crippen LogP contribution in [-0.2, 0) is 24.4 Å². The quantitative estimate of drug-likeness (QED) is 0.436. The molecule has 3 fully saturated rings. The molecule has 1 aliphatic heterocycles. The van der Waals surface area contributed by atoms with Gasteiger partial charge >= 0.3 is 6.01 Å². The van der Waals surface area contributed by atoms with E-state index in [0.717, 1.165) is 24.8 Å². The van der Waals surface area contributed by atoms with Crippen molar-refractivity contribution in [3.63, 3.8) is 0 Å². The summed E-state index contributed by atoms with van der Waals surface area (Å²) in [5, 5.41) is 2.33. The molecule has 0 saturated heterocycles. The predicted octanol–water partition coefficient (Wildman–Crippen LogP) is 2.61. The van der Waals surface area contributed by atoms with Crippen molar-refractivity contribution >= 4 is 27.7 Å². The van der Waals surface area contributed by atoms with Crippen molar-refractivity contribution in [1.29, 1.82) is 0 Å². The van der Waals surface area contributed by atoms with Crippen LogP contribution in [0.3, 0.4) is 0 Å². The van der Waals surface area contributed by atoms with E-state index in [1.54, 1.807) is 18.0 Å². The third-order valence-electron chi connectivity index (χ3n) is 9.22. The number of methoxy groups -OCH3 is 1. The molecule has 2 N–H and O–H groups in total. The predicted molar refractivity (Wildman–Crippen MR) is 164 cm³/mol. The summed E-state index contributed by atoms with van der Waals surface area (Å²) in [6.45, 7) is 0.557. The lowest BCUT2D eigenvalue weighted by Gasteiger charge is -2.26. The van der Waals surface area contributed by atoms with Gasteiger partial charge in [0.25, 0.3) is 5.91 Å². The van der Waals surface area contributed by atoms with E-state index in [9.17, 15) is 22.8 Å². The molecule has 3 amide bonds. The molecule has 0 spiro atoms. The maximum Gasteiger partial charge on any atom is 0.320 e. The van der Waals surface area contributed by atoms with Gasteiger partial charge in [0, 0.05) is 31.1 Å². The monoisotopic (exact) mass is 637 g/mol. The van der Waals surface area contributed by atoms with Gasteiger partial charge < -0.3 is 19.7 Å². The number of nitrogens with zero attached hydrogens (tertiary/aromatic N) is 3. The lowest BCUT2D eigenvalue weighted by molar-refractivity contribution is -0.140. The Morgan fingerprint density at radius 3 is 2.58 bits per heavy atom. The van der Waals surface area contributed by atoms with E-state index in [-0.39, 0.29) is 43.0 Å². The molecular formula is C32H39N5O7S. The van der Waals surface area contributed by atoms with Crippen LogP contribution in [0.5, 0.6) is 11.9 Å². The normalized spacial score (nSPS) is 29.4. The first-order valence-corrected chi connectivity index (χ1v) is 17.1. The molecule has 45 heavy (non-hydrogen) atoms. The molecule has 2 heterocycles. The highest BCUT2D eigenvalue weighted by molar-refractivity contribution is 7.91. The molecule has 1 aromatic heterocycles. The van der Waals surface area contributed by atoms with Crippen LogP contribution in [0.25, 0.3) is 11.3 Å². The number of amides is 3. The van der Waals surface area contributed by atoms with Gasteiger partial charge in [0.2, 0.25) is 27.7 Å². The Labute approximate surface area is 263 Å². The van der Waals surface area contributed by atoms with Crippen molar-refractivity contribution in [2.45, 2.75) is 68.3 Å². The molecule has 6 rings (SSSR count). The van der Waals surface area contributed by atoms with Gasteiger partial charge in [-0.25, -0.2) is 8.42 Å². The number of allylic oxidation sites excluding steroid dienone is 1. The molecule has 3 saturated carbocycles.